The zero-order valence-electron chi connectivity index (χ0n) is 6.43. The van der Waals surface area contributed by atoms with Gasteiger partial charge in [0, 0.05) is 22.3 Å². The highest BCUT2D eigenvalue weighted by molar-refractivity contribution is 7.84. The Balaban J connectivity index is 2.47. The molecule has 2 atom stereocenters. The van der Waals surface area contributed by atoms with Gasteiger partial charge in [-0.1, -0.05) is 12.2 Å². The summed E-state index contributed by atoms with van der Waals surface area (Å²) in [6.45, 7) is 3.91. The van der Waals surface area contributed by atoms with Crippen LogP contribution in [0.5, 0.6) is 0 Å². The summed E-state index contributed by atoms with van der Waals surface area (Å²) < 4.78 is 11.0. The summed E-state index contributed by atoms with van der Waals surface area (Å²) in [4.78, 5) is 0. The van der Waals surface area contributed by atoms with Crippen LogP contribution < -0.4 is 0 Å². The predicted octanol–water partition coefficient (Wildman–Crippen LogP) is 1.86. The maximum absolute atomic E-state index is 11.0. The van der Waals surface area contributed by atoms with Crippen LogP contribution in [0.4, 0.5) is 0 Å². The first-order chi connectivity index (χ1) is 4.70. The third-order valence-corrected chi connectivity index (χ3v) is 3.38. The van der Waals surface area contributed by atoms with Crippen molar-refractivity contribution in [2.24, 2.45) is 0 Å². The highest BCUT2D eigenvalue weighted by Gasteiger charge is 2.18. The molecule has 0 amide bonds. The maximum Gasteiger partial charge on any atom is 0.0382 e. The van der Waals surface area contributed by atoms with Crippen LogP contribution in [0.15, 0.2) is 12.2 Å². The van der Waals surface area contributed by atoms with E-state index in [1.165, 1.54) is 12.0 Å². The summed E-state index contributed by atoms with van der Waals surface area (Å²) in [6, 6.07) is 0. The van der Waals surface area contributed by atoms with E-state index in [1.807, 2.05) is 0 Å². The second kappa shape index (κ2) is 3.33. The molecular weight excluding hydrogens is 144 g/mol. The third kappa shape index (κ3) is 1.94. The molecule has 0 aromatic carbocycles. The van der Waals surface area contributed by atoms with Gasteiger partial charge in [-0.15, -0.1) is 0 Å². The Hall–Kier alpha value is -0.110. The smallest absolute Gasteiger partial charge is 0.0382 e. The van der Waals surface area contributed by atoms with Crippen molar-refractivity contribution >= 4 is 10.8 Å². The third-order valence-electron chi connectivity index (χ3n) is 2.04. The van der Waals surface area contributed by atoms with Crippen LogP contribution in [0.3, 0.4) is 0 Å². The molecule has 0 spiro atoms. The zero-order valence-corrected chi connectivity index (χ0v) is 7.25. The summed E-state index contributed by atoms with van der Waals surface area (Å²) in [5, 5.41) is 0.404. The van der Waals surface area contributed by atoms with Crippen molar-refractivity contribution in [3.05, 3.63) is 12.2 Å². The van der Waals surface area contributed by atoms with Gasteiger partial charge in [-0.3, -0.25) is 4.21 Å². The SMILES string of the molecule is C=C1CCCC(S(C)=O)C1. The molecule has 0 N–H and O–H groups in total. The van der Waals surface area contributed by atoms with Gasteiger partial charge < -0.3 is 0 Å². The zero-order chi connectivity index (χ0) is 7.56. The van der Waals surface area contributed by atoms with Crippen molar-refractivity contribution < 1.29 is 4.21 Å². The Kier molecular flexibility index (Phi) is 2.66. The second-order valence-electron chi connectivity index (χ2n) is 2.97. The molecular formula is C8H14OS. The van der Waals surface area contributed by atoms with E-state index in [0.717, 1.165) is 19.3 Å². The van der Waals surface area contributed by atoms with Gasteiger partial charge >= 0.3 is 0 Å². The molecule has 0 saturated heterocycles. The number of allylic oxidation sites excluding steroid dienone is 1. The van der Waals surface area contributed by atoms with Crippen molar-refractivity contribution in [2.75, 3.05) is 6.26 Å². The normalized spacial score (nSPS) is 30.1. The minimum atomic E-state index is -0.634. The molecule has 0 radical (unpaired) electrons. The molecule has 0 heterocycles. The summed E-state index contributed by atoms with van der Waals surface area (Å²) in [5.41, 5.74) is 1.28. The van der Waals surface area contributed by atoms with Crippen LogP contribution in [0.1, 0.15) is 25.7 Å². The van der Waals surface area contributed by atoms with E-state index >= 15 is 0 Å². The first-order valence-electron chi connectivity index (χ1n) is 3.69. The Morgan fingerprint density at radius 2 is 2.40 bits per heavy atom. The van der Waals surface area contributed by atoms with Crippen LogP contribution in [-0.2, 0) is 10.8 Å². The standard InChI is InChI=1S/C8H14OS/c1-7-4-3-5-8(6-7)10(2)9/h8H,1,3-6H2,2H3. The molecule has 1 saturated carbocycles. The van der Waals surface area contributed by atoms with Gasteiger partial charge in [0.05, 0.1) is 0 Å². The summed E-state index contributed by atoms with van der Waals surface area (Å²) in [5.74, 6) is 0. The molecule has 1 fully saturated rings. The topological polar surface area (TPSA) is 17.1 Å². The summed E-state index contributed by atoms with van der Waals surface area (Å²) in [7, 11) is -0.634. The fraction of sp³-hybridized carbons (Fsp3) is 0.750. The highest BCUT2D eigenvalue weighted by Crippen LogP contribution is 2.24. The van der Waals surface area contributed by atoms with Crippen LogP contribution in [0.25, 0.3) is 0 Å². The first-order valence-corrected chi connectivity index (χ1v) is 5.31. The van der Waals surface area contributed by atoms with Crippen LogP contribution in [0, 0.1) is 0 Å². The minimum Gasteiger partial charge on any atom is -0.260 e. The lowest BCUT2D eigenvalue weighted by Crippen LogP contribution is -2.18. The van der Waals surface area contributed by atoms with Gasteiger partial charge in [0.2, 0.25) is 0 Å². The average molecular weight is 158 g/mol. The van der Waals surface area contributed by atoms with E-state index in [0.29, 0.717) is 5.25 Å². The van der Waals surface area contributed by atoms with Crippen molar-refractivity contribution in [1.82, 2.24) is 0 Å². The molecule has 1 aliphatic rings. The Labute approximate surface area is 65.0 Å². The van der Waals surface area contributed by atoms with Gasteiger partial charge in [0.25, 0.3) is 0 Å². The van der Waals surface area contributed by atoms with Crippen molar-refractivity contribution in [3.8, 4) is 0 Å². The summed E-state index contributed by atoms with van der Waals surface area (Å²) >= 11 is 0. The molecule has 1 nitrogen and oxygen atoms in total. The largest absolute Gasteiger partial charge is 0.260 e. The van der Waals surface area contributed by atoms with E-state index in [4.69, 9.17) is 0 Å². The van der Waals surface area contributed by atoms with Crippen molar-refractivity contribution in [1.29, 1.82) is 0 Å². The molecule has 10 heavy (non-hydrogen) atoms. The lowest BCUT2D eigenvalue weighted by atomic mass is 9.96. The Morgan fingerprint density at radius 1 is 1.70 bits per heavy atom. The van der Waals surface area contributed by atoms with Crippen LogP contribution in [-0.4, -0.2) is 15.7 Å². The van der Waals surface area contributed by atoms with Gasteiger partial charge in [-0.2, -0.15) is 0 Å². The molecule has 2 heteroatoms. The number of hydrogen-bond donors (Lipinski definition) is 0. The van der Waals surface area contributed by atoms with Crippen molar-refractivity contribution in [3.63, 3.8) is 0 Å². The first kappa shape index (κ1) is 7.99. The van der Waals surface area contributed by atoms with Crippen LogP contribution in [0.2, 0.25) is 0 Å². The van der Waals surface area contributed by atoms with Gasteiger partial charge in [0.15, 0.2) is 0 Å². The van der Waals surface area contributed by atoms with E-state index in [1.54, 1.807) is 6.26 Å². The number of rotatable bonds is 1. The fourth-order valence-electron chi connectivity index (χ4n) is 1.39. The Morgan fingerprint density at radius 3 is 2.80 bits per heavy atom. The highest BCUT2D eigenvalue weighted by atomic mass is 32.2. The lowest BCUT2D eigenvalue weighted by Gasteiger charge is -2.20. The molecule has 0 aliphatic heterocycles. The quantitative estimate of drug-likeness (QED) is 0.532. The number of hydrogen-bond acceptors (Lipinski definition) is 1. The molecule has 58 valence electrons. The second-order valence-corrected chi connectivity index (χ2v) is 4.63. The molecule has 1 rings (SSSR count). The van der Waals surface area contributed by atoms with Gasteiger partial charge in [-0.25, -0.2) is 0 Å². The van der Waals surface area contributed by atoms with Gasteiger partial charge in [0.1, 0.15) is 0 Å². The van der Waals surface area contributed by atoms with E-state index in [9.17, 15) is 4.21 Å². The summed E-state index contributed by atoms with van der Waals surface area (Å²) in [6.07, 6.45) is 6.24. The minimum absolute atomic E-state index is 0.404. The van der Waals surface area contributed by atoms with E-state index in [-0.39, 0.29) is 0 Å². The van der Waals surface area contributed by atoms with Crippen molar-refractivity contribution in [2.45, 2.75) is 30.9 Å². The fourth-order valence-corrected chi connectivity index (χ4v) is 2.36. The average Bonchev–Trinajstić information content (AvgIpc) is 1.88. The molecule has 2 unspecified atom stereocenters. The molecule has 0 aromatic heterocycles. The maximum atomic E-state index is 11.0. The van der Waals surface area contributed by atoms with E-state index < -0.39 is 10.8 Å². The predicted molar refractivity (Wildman–Crippen MR) is 45.5 cm³/mol. The molecule has 0 aromatic rings. The molecule has 0 bridgehead atoms. The lowest BCUT2D eigenvalue weighted by molar-refractivity contribution is 0.591. The monoisotopic (exact) mass is 158 g/mol. The molecule has 1 aliphatic carbocycles. The van der Waals surface area contributed by atoms with E-state index in [2.05, 4.69) is 6.58 Å². The van der Waals surface area contributed by atoms with Crippen LogP contribution >= 0.6 is 0 Å². The Bertz CT molecular complexity index is 161. The van der Waals surface area contributed by atoms with Gasteiger partial charge in [-0.05, 0) is 25.7 Å².